The number of nitrogens with zero attached hydrogens (tertiary/aromatic N) is 1. The van der Waals surface area contributed by atoms with E-state index in [9.17, 15) is 18.0 Å². The number of carbonyl (C=O) groups excluding carboxylic acids is 1. The van der Waals surface area contributed by atoms with Gasteiger partial charge in [0.25, 0.3) is 0 Å². The van der Waals surface area contributed by atoms with Gasteiger partial charge in [0.05, 0.1) is 5.41 Å². The quantitative estimate of drug-likeness (QED) is 0.582. The van der Waals surface area contributed by atoms with Gasteiger partial charge in [0.2, 0.25) is 15.9 Å². The van der Waals surface area contributed by atoms with Crippen molar-refractivity contribution in [2.24, 2.45) is 0 Å². The molecule has 0 unspecified atom stereocenters. The lowest BCUT2D eigenvalue weighted by Crippen LogP contribution is -2.49. The zero-order valence-corrected chi connectivity index (χ0v) is 21.0. The first-order valence-corrected chi connectivity index (χ1v) is 13.6. The molecule has 0 radical (unpaired) electrons. The van der Waals surface area contributed by atoms with Gasteiger partial charge in [-0.2, -0.15) is 4.31 Å². The van der Waals surface area contributed by atoms with Crippen molar-refractivity contribution in [3.63, 3.8) is 0 Å². The van der Waals surface area contributed by atoms with Crippen molar-refractivity contribution in [3.05, 3.63) is 71.0 Å². The number of ether oxygens (including phenoxy) is 1. The average molecular weight is 519 g/mol. The Bertz CT molecular complexity index is 1210. The fourth-order valence-electron chi connectivity index (χ4n) is 5.18. The van der Waals surface area contributed by atoms with E-state index in [0.717, 1.165) is 5.56 Å². The van der Waals surface area contributed by atoms with Gasteiger partial charge < -0.3 is 15.2 Å². The predicted octanol–water partition coefficient (Wildman–Crippen LogP) is 3.13. The number of carboxylic acid groups (broad SMARTS) is 1. The van der Waals surface area contributed by atoms with Crippen LogP contribution in [0.4, 0.5) is 4.39 Å². The van der Waals surface area contributed by atoms with E-state index >= 15 is 4.39 Å². The third kappa shape index (κ3) is 5.16. The van der Waals surface area contributed by atoms with Crippen LogP contribution in [0.5, 0.6) is 0 Å². The number of aliphatic carboxylic acids is 1. The average Bonchev–Trinajstić information content (AvgIpc) is 2.86. The summed E-state index contributed by atoms with van der Waals surface area (Å²) in [6.45, 7) is 1.76. The van der Waals surface area contributed by atoms with Gasteiger partial charge in [0.15, 0.2) is 0 Å². The lowest BCUT2D eigenvalue weighted by molar-refractivity contribution is -0.139. The molecule has 0 spiro atoms. The first-order valence-electron chi connectivity index (χ1n) is 12.1. The van der Waals surface area contributed by atoms with Gasteiger partial charge in [-0.25, -0.2) is 12.8 Å². The van der Waals surface area contributed by atoms with E-state index in [1.165, 1.54) is 16.4 Å². The number of rotatable bonds is 7. The molecule has 2 fully saturated rings. The van der Waals surface area contributed by atoms with E-state index in [2.05, 4.69) is 5.32 Å². The summed E-state index contributed by atoms with van der Waals surface area (Å²) >= 11 is 0. The minimum Gasteiger partial charge on any atom is -0.480 e. The highest BCUT2D eigenvalue weighted by Gasteiger charge is 2.43. The van der Waals surface area contributed by atoms with Crippen LogP contribution in [0.25, 0.3) is 0 Å². The van der Waals surface area contributed by atoms with Crippen LogP contribution in [-0.2, 0) is 36.3 Å². The maximum Gasteiger partial charge on any atom is 0.322 e. The Morgan fingerprint density at radius 3 is 2.47 bits per heavy atom. The van der Waals surface area contributed by atoms with E-state index in [0.29, 0.717) is 18.4 Å². The summed E-state index contributed by atoms with van der Waals surface area (Å²) in [6.07, 6.45) is 1.73. The number of benzene rings is 2. The molecule has 0 saturated carbocycles. The maximum atomic E-state index is 15.4. The van der Waals surface area contributed by atoms with Crippen LogP contribution >= 0.6 is 0 Å². The molecule has 2 saturated heterocycles. The SMILES string of the molecule is C[C@H]1CC[C@H](c2ccccc2)S(=O)(=O)N1Cc1ccc(C2(C(=O)NCC(=O)O)CCOCC2)cc1F. The van der Waals surface area contributed by atoms with Gasteiger partial charge in [-0.15, -0.1) is 0 Å². The molecule has 194 valence electrons. The highest BCUT2D eigenvalue weighted by atomic mass is 32.2. The van der Waals surface area contributed by atoms with E-state index < -0.39 is 44.9 Å². The Morgan fingerprint density at radius 2 is 1.83 bits per heavy atom. The molecular weight excluding hydrogens is 487 g/mol. The monoisotopic (exact) mass is 518 g/mol. The number of carbonyl (C=O) groups is 2. The molecule has 0 aromatic heterocycles. The normalized spacial score (nSPS) is 23.6. The fraction of sp³-hybridized carbons (Fsp3) is 0.462. The van der Waals surface area contributed by atoms with Crippen LogP contribution in [0, 0.1) is 5.82 Å². The lowest BCUT2D eigenvalue weighted by atomic mass is 9.73. The van der Waals surface area contributed by atoms with Crippen LogP contribution in [0.3, 0.4) is 0 Å². The molecule has 0 aliphatic carbocycles. The Kier molecular flexibility index (Phi) is 7.77. The highest BCUT2D eigenvalue weighted by Crippen LogP contribution is 2.39. The first-order chi connectivity index (χ1) is 17.1. The third-order valence-corrected chi connectivity index (χ3v) is 9.68. The Morgan fingerprint density at radius 1 is 1.14 bits per heavy atom. The number of hydrogen-bond acceptors (Lipinski definition) is 5. The van der Waals surface area contributed by atoms with Crippen molar-refractivity contribution in [3.8, 4) is 0 Å². The molecule has 2 aliphatic heterocycles. The van der Waals surface area contributed by atoms with Crippen molar-refractivity contribution >= 4 is 21.9 Å². The zero-order valence-electron chi connectivity index (χ0n) is 20.2. The lowest BCUT2D eigenvalue weighted by Gasteiger charge is -2.38. The number of carboxylic acids is 1. The van der Waals surface area contributed by atoms with Gasteiger partial charge >= 0.3 is 5.97 Å². The van der Waals surface area contributed by atoms with Gasteiger partial charge in [-0.05, 0) is 49.8 Å². The molecule has 1 amide bonds. The molecule has 2 aromatic carbocycles. The van der Waals surface area contributed by atoms with E-state index in [1.807, 2.05) is 25.1 Å². The van der Waals surface area contributed by atoms with Crippen molar-refractivity contribution in [2.75, 3.05) is 19.8 Å². The zero-order chi connectivity index (χ0) is 25.9. The molecule has 2 atom stereocenters. The van der Waals surface area contributed by atoms with Crippen LogP contribution in [-0.4, -0.2) is 55.5 Å². The van der Waals surface area contributed by atoms with Crippen molar-refractivity contribution < 1.29 is 32.2 Å². The van der Waals surface area contributed by atoms with Gasteiger partial charge in [0.1, 0.15) is 17.6 Å². The second-order valence-electron chi connectivity index (χ2n) is 9.49. The molecule has 2 heterocycles. The van der Waals surface area contributed by atoms with Crippen LogP contribution in [0.1, 0.15) is 54.5 Å². The minimum atomic E-state index is -3.72. The Balaban J connectivity index is 1.61. The summed E-state index contributed by atoms with van der Waals surface area (Å²) in [5, 5.41) is 10.7. The van der Waals surface area contributed by atoms with Gasteiger partial charge in [-0.1, -0.05) is 42.5 Å². The summed E-state index contributed by atoms with van der Waals surface area (Å²) in [5.74, 6) is -2.26. The van der Waals surface area contributed by atoms with Crippen molar-refractivity contribution in [2.45, 2.75) is 55.9 Å². The van der Waals surface area contributed by atoms with E-state index in [-0.39, 0.29) is 44.2 Å². The second-order valence-corrected chi connectivity index (χ2v) is 11.6. The first kappa shape index (κ1) is 26.2. The minimum absolute atomic E-state index is 0.111. The number of amides is 1. The molecule has 8 nitrogen and oxygen atoms in total. The molecule has 36 heavy (non-hydrogen) atoms. The summed E-state index contributed by atoms with van der Waals surface area (Å²) < 4.78 is 49.2. The van der Waals surface area contributed by atoms with Crippen molar-refractivity contribution in [1.82, 2.24) is 9.62 Å². The molecule has 2 N–H and O–H groups in total. The number of sulfonamides is 1. The second kappa shape index (κ2) is 10.7. The smallest absolute Gasteiger partial charge is 0.322 e. The summed E-state index contributed by atoms with van der Waals surface area (Å²) in [5.41, 5.74) is 0.248. The van der Waals surface area contributed by atoms with E-state index in [1.54, 1.807) is 18.2 Å². The fourth-order valence-corrected chi connectivity index (χ4v) is 7.37. The molecular formula is C26H31FN2O6S. The summed E-state index contributed by atoms with van der Waals surface area (Å²) in [7, 11) is -3.72. The molecule has 0 bridgehead atoms. The number of nitrogens with one attached hydrogen (secondary N) is 1. The summed E-state index contributed by atoms with van der Waals surface area (Å²) in [6, 6.07) is 13.2. The Labute approximate surface area is 210 Å². The highest BCUT2D eigenvalue weighted by molar-refractivity contribution is 7.89. The maximum absolute atomic E-state index is 15.4. The van der Waals surface area contributed by atoms with Crippen LogP contribution in [0.2, 0.25) is 0 Å². The summed E-state index contributed by atoms with van der Waals surface area (Å²) in [4.78, 5) is 24.0. The molecule has 10 heteroatoms. The molecule has 4 rings (SSSR count). The van der Waals surface area contributed by atoms with Gasteiger partial charge in [0, 0.05) is 31.4 Å². The van der Waals surface area contributed by atoms with Crippen LogP contribution < -0.4 is 5.32 Å². The van der Waals surface area contributed by atoms with Crippen LogP contribution in [0.15, 0.2) is 48.5 Å². The molecule has 2 aromatic rings. The number of hydrogen-bond donors (Lipinski definition) is 2. The van der Waals surface area contributed by atoms with Gasteiger partial charge in [-0.3, -0.25) is 9.59 Å². The largest absolute Gasteiger partial charge is 0.480 e. The van der Waals surface area contributed by atoms with Crippen molar-refractivity contribution in [1.29, 1.82) is 0 Å². The van der Waals surface area contributed by atoms with E-state index in [4.69, 9.17) is 9.84 Å². The standard InChI is InChI=1S/C26H31FN2O6S/c1-18-7-10-23(19-5-3-2-4-6-19)36(33,34)29(18)17-20-8-9-21(15-22(20)27)26(11-13-35-14-12-26)25(32)28-16-24(30)31/h2-6,8-9,15,18,23H,7,10-14,16-17H2,1H3,(H,28,32)(H,30,31)/t18-,23+/m0/s1. The third-order valence-electron chi connectivity index (χ3n) is 7.31. The predicted molar refractivity (Wildman–Crippen MR) is 131 cm³/mol. The Hall–Kier alpha value is -2.82. The molecule has 2 aliphatic rings. The number of halogens is 1. The topological polar surface area (TPSA) is 113 Å².